The van der Waals surface area contributed by atoms with Crippen LogP contribution in [0.1, 0.15) is 19.8 Å². The molecule has 1 rings (SSSR count). The van der Waals surface area contributed by atoms with Gasteiger partial charge in [0, 0.05) is 26.2 Å². The fourth-order valence-corrected chi connectivity index (χ4v) is 1.89. The van der Waals surface area contributed by atoms with Gasteiger partial charge in [-0.3, -0.25) is 0 Å². The molecule has 15 heavy (non-hydrogen) atoms. The fourth-order valence-electron chi connectivity index (χ4n) is 1.89. The Morgan fingerprint density at radius 1 is 1.40 bits per heavy atom. The molecule has 1 N–H and O–H groups in total. The van der Waals surface area contributed by atoms with E-state index in [-0.39, 0.29) is 6.29 Å². The SMILES string of the molecule is CNC(CC1OCCO1)C(C)CCOC. The van der Waals surface area contributed by atoms with Crippen LogP contribution in [0.4, 0.5) is 0 Å². The van der Waals surface area contributed by atoms with Crippen LogP contribution in [0.2, 0.25) is 0 Å². The Kier molecular flexibility index (Phi) is 6.17. The van der Waals surface area contributed by atoms with E-state index in [4.69, 9.17) is 14.2 Å². The summed E-state index contributed by atoms with van der Waals surface area (Å²) in [5.41, 5.74) is 0. The van der Waals surface area contributed by atoms with Crippen molar-refractivity contribution in [3.63, 3.8) is 0 Å². The molecule has 1 aliphatic heterocycles. The molecule has 2 unspecified atom stereocenters. The third-order valence-corrected chi connectivity index (χ3v) is 2.97. The monoisotopic (exact) mass is 217 g/mol. The average molecular weight is 217 g/mol. The van der Waals surface area contributed by atoms with Crippen LogP contribution in [0.25, 0.3) is 0 Å². The molecule has 0 saturated carbocycles. The Morgan fingerprint density at radius 3 is 2.60 bits per heavy atom. The molecule has 1 saturated heterocycles. The van der Waals surface area contributed by atoms with Crippen LogP contribution in [0.15, 0.2) is 0 Å². The maximum Gasteiger partial charge on any atom is 0.159 e. The second-order valence-electron chi connectivity index (χ2n) is 4.06. The summed E-state index contributed by atoms with van der Waals surface area (Å²) in [6.07, 6.45) is 1.96. The van der Waals surface area contributed by atoms with Gasteiger partial charge in [0.2, 0.25) is 0 Å². The lowest BCUT2D eigenvalue weighted by atomic mass is 9.96. The summed E-state index contributed by atoms with van der Waals surface area (Å²) >= 11 is 0. The van der Waals surface area contributed by atoms with Crippen LogP contribution in [0, 0.1) is 5.92 Å². The molecule has 4 heteroatoms. The smallest absolute Gasteiger partial charge is 0.159 e. The Balaban J connectivity index is 2.26. The average Bonchev–Trinajstić information content (AvgIpc) is 2.75. The van der Waals surface area contributed by atoms with E-state index < -0.39 is 0 Å². The zero-order valence-corrected chi connectivity index (χ0v) is 9.99. The second-order valence-corrected chi connectivity index (χ2v) is 4.06. The summed E-state index contributed by atoms with van der Waals surface area (Å²) in [7, 11) is 3.73. The van der Waals surface area contributed by atoms with Gasteiger partial charge < -0.3 is 19.5 Å². The number of hydrogen-bond acceptors (Lipinski definition) is 4. The first-order valence-electron chi connectivity index (χ1n) is 5.67. The molecule has 90 valence electrons. The van der Waals surface area contributed by atoms with Crippen LogP contribution in [-0.2, 0) is 14.2 Å². The van der Waals surface area contributed by atoms with Crippen LogP contribution in [0.3, 0.4) is 0 Å². The highest BCUT2D eigenvalue weighted by atomic mass is 16.7. The molecule has 0 spiro atoms. The lowest BCUT2D eigenvalue weighted by Crippen LogP contribution is -2.36. The molecule has 1 aliphatic rings. The molecule has 0 aromatic heterocycles. The largest absolute Gasteiger partial charge is 0.385 e. The van der Waals surface area contributed by atoms with E-state index in [0.29, 0.717) is 12.0 Å². The highest BCUT2D eigenvalue weighted by Crippen LogP contribution is 2.17. The van der Waals surface area contributed by atoms with Gasteiger partial charge in [-0.15, -0.1) is 0 Å². The minimum absolute atomic E-state index is 0.0209. The summed E-state index contributed by atoms with van der Waals surface area (Å²) in [5.74, 6) is 0.572. The molecule has 0 amide bonds. The summed E-state index contributed by atoms with van der Waals surface area (Å²) in [5, 5.41) is 3.32. The van der Waals surface area contributed by atoms with Gasteiger partial charge in [-0.1, -0.05) is 6.92 Å². The van der Waals surface area contributed by atoms with E-state index in [2.05, 4.69) is 12.2 Å². The molecule has 1 fully saturated rings. The Morgan fingerprint density at radius 2 is 2.07 bits per heavy atom. The lowest BCUT2D eigenvalue weighted by molar-refractivity contribution is -0.0562. The van der Waals surface area contributed by atoms with Crippen molar-refractivity contribution < 1.29 is 14.2 Å². The number of nitrogens with one attached hydrogen (secondary N) is 1. The van der Waals surface area contributed by atoms with Gasteiger partial charge in [-0.05, 0) is 19.4 Å². The van der Waals surface area contributed by atoms with Crippen LogP contribution in [-0.4, -0.2) is 46.3 Å². The Hall–Kier alpha value is -0.160. The van der Waals surface area contributed by atoms with Crippen molar-refractivity contribution in [3.05, 3.63) is 0 Å². The summed E-state index contributed by atoms with van der Waals surface area (Å²) in [4.78, 5) is 0. The van der Waals surface area contributed by atoms with Gasteiger partial charge in [0.15, 0.2) is 6.29 Å². The Labute approximate surface area is 92.3 Å². The first kappa shape index (κ1) is 12.9. The van der Waals surface area contributed by atoms with Crippen molar-refractivity contribution in [2.24, 2.45) is 5.92 Å². The molecule has 1 heterocycles. The van der Waals surface area contributed by atoms with Crippen molar-refractivity contribution >= 4 is 0 Å². The van der Waals surface area contributed by atoms with E-state index in [9.17, 15) is 0 Å². The minimum atomic E-state index is -0.0209. The number of methoxy groups -OCH3 is 1. The van der Waals surface area contributed by atoms with Crippen molar-refractivity contribution in [1.82, 2.24) is 5.32 Å². The number of hydrogen-bond donors (Lipinski definition) is 1. The summed E-state index contributed by atoms with van der Waals surface area (Å²) < 4.78 is 16.0. The fraction of sp³-hybridized carbons (Fsp3) is 1.00. The van der Waals surface area contributed by atoms with Crippen LogP contribution in [0.5, 0.6) is 0 Å². The van der Waals surface area contributed by atoms with E-state index in [0.717, 1.165) is 32.7 Å². The van der Waals surface area contributed by atoms with Gasteiger partial charge in [-0.25, -0.2) is 0 Å². The molecule has 0 radical (unpaired) electrons. The Bertz CT molecular complexity index is 160. The van der Waals surface area contributed by atoms with Gasteiger partial charge in [0.25, 0.3) is 0 Å². The van der Waals surface area contributed by atoms with Crippen LogP contribution >= 0.6 is 0 Å². The highest BCUT2D eigenvalue weighted by Gasteiger charge is 2.23. The van der Waals surface area contributed by atoms with Crippen molar-refractivity contribution in [1.29, 1.82) is 0 Å². The first-order valence-corrected chi connectivity index (χ1v) is 5.67. The zero-order chi connectivity index (χ0) is 11.1. The van der Waals surface area contributed by atoms with E-state index in [1.54, 1.807) is 7.11 Å². The lowest BCUT2D eigenvalue weighted by Gasteiger charge is -2.25. The molecule has 2 atom stereocenters. The molecule has 4 nitrogen and oxygen atoms in total. The second kappa shape index (κ2) is 7.17. The third kappa shape index (κ3) is 4.47. The number of rotatable bonds is 7. The van der Waals surface area contributed by atoms with Crippen LogP contribution < -0.4 is 5.32 Å². The predicted molar refractivity (Wildman–Crippen MR) is 58.8 cm³/mol. The maximum absolute atomic E-state index is 5.45. The molecular weight excluding hydrogens is 194 g/mol. The molecule has 0 aliphatic carbocycles. The minimum Gasteiger partial charge on any atom is -0.385 e. The topological polar surface area (TPSA) is 39.7 Å². The molecule has 0 aromatic carbocycles. The molecule has 0 bridgehead atoms. The van der Waals surface area contributed by atoms with E-state index in [1.807, 2.05) is 7.05 Å². The van der Waals surface area contributed by atoms with Gasteiger partial charge >= 0.3 is 0 Å². The van der Waals surface area contributed by atoms with Crippen molar-refractivity contribution in [2.75, 3.05) is 34.0 Å². The maximum atomic E-state index is 5.45. The van der Waals surface area contributed by atoms with Gasteiger partial charge in [0.05, 0.1) is 13.2 Å². The molecule has 0 aromatic rings. The molecular formula is C11H23NO3. The normalized spacial score (nSPS) is 21.8. The van der Waals surface area contributed by atoms with Gasteiger partial charge in [0.1, 0.15) is 0 Å². The predicted octanol–water partition coefficient (Wildman–Crippen LogP) is 1.01. The van der Waals surface area contributed by atoms with E-state index in [1.165, 1.54) is 0 Å². The third-order valence-electron chi connectivity index (χ3n) is 2.97. The van der Waals surface area contributed by atoms with Crippen molar-refractivity contribution in [2.45, 2.75) is 32.1 Å². The van der Waals surface area contributed by atoms with E-state index >= 15 is 0 Å². The standard InChI is InChI=1S/C11H23NO3/c1-9(4-5-13-3)10(12-2)8-11-14-6-7-15-11/h9-12H,4-8H2,1-3H3. The quantitative estimate of drug-likeness (QED) is 0.691. The highest BCUT2D eigenvalue weighted by molar-refractivity contribution is 4.74. The first-order chi connectivity index (χ1) is 7.27. The number of ether oxygens (including phenoxy) is 3. The zero-order valence-electron chi connectivity index (χ0n) is 9.99. The van der Waals surface area contributed by atoms with Crippen molar-refractivity contribution in [3.8, 4) is 0 Å². The summed E-state index contributed by atoms with van der Waals surface area (Å²) in [6, 6.07) is 0.434. The van der Waals surface area contributed by atoms with Gasteiger partial charge in [-0.2, -0.15) is 0 Å². The summed E-state index contributed by atoms with van der Waals surface area (Å²) in [6.45, 7) is 4.50.